The van der Waals surface area contributed by atoms with Gasteiger partial charge in [0.05, 0.1) is 5.56 Å². The molecule has 0 saturated carbocycles. The van der Waals surface area contributed by atoms with Crippen LogP contribution in [-0.2, 0) is 7.05 Å². The molecule has 0 aliphatic carbocycles. The number of nitrogens with zero attached hydrogens (tertiary/aromatic N) is 5. The summed E-state index contributed by atoms with van der Waals surface area (Å²) >= 11 is 0. The average Bonchev–Trinajstić information content (AvgIpc) is 2.70. The molecule has 0 radical (unpaired) electrons. The summed E-state index contributed by atoms with van der Waals surface area (Å²) in [7, 11) is 1.76. The molecule has 2 aromatic heterocycles. The van der Waals surface area contributed by atoms with Gasteiger partial charge in [0.2, 0.25) is 5.88 Å². The second-order valence-electron chi connectivity index (χ2n) is 4.35. The first-order chi connectivity index (χ1) is 8.47. The van der Waals surface area contributed by atoms with Crippen LogP contribution in [0.5, 0.6) is 11.9 Å². The summed E-state index contributed by atoms with van der Waals surface area (Å²) in [5, 5.41) is 4.03. The summed E-state index contributed by atoms with van der Waals surface area (Å²) in [5.74, 6) is 1.63. The molecule has 18 heavy (non-hydrogen) atoms. The van der Waals surface area contributed by atoms with Gasteiger partial charge in [-0.25, -0.2) is 4.98 Å². The molecular weight excluding hydrogens is 232 g/mol. The third-order valence-electron chi connectivity index (χ3n) is 2.44. The maximum Gasteiger partial charge on any atom is 0.342 e. The maximum absolute atomic E-state index is 5.84. The van der Waals surface area contributed by atoms with Crippen LogP contribution in [0.2, 0.25) is 0 Å². The van der Waals surface area contributed by atoms with E-state index in [9.17, 15) is 0 Å². The second kappa shape index (κ2) is 4.59. The number of hydrogen-bond acceptors (Lipinski definition) is 6. The predicted molar refractivity (Wildman–Crippen MR) is 66.3 cm³/mol. The SMILES string of the molecule is Cc1c(N)nc(C(C)C)nc1Oc1ncn(C)n1. The lowest BCUT2D eigenvalue weighted by molar-refractivity contribution is 0.415. The van der Waals surface area contributed by atoms with E-state index in [-0.39, 0.29) is 11.9 Å². The van der Waals surface area contributed by atoms with Crippen molar-refractivity contribution in [2.24, 2.45) is 7.05 Å². The van der Waals surface area contributed by atoms with Crippen LogP contribution >= 0.6 is 0 Å². The van der Waals surface area contributed by atoms with Crippen molar-refractivity contribution in [3.8, 4) is 11.9 Å². The van der Waals surface area contributed by atoms with Gasteiger partial charge in [-0.15, -0.1) is 5.10 Å². The number of ether oxygens (including phenoxy) is 1. The van der Waals surface area contributed by atoms with Crippen molar-refractivity contribution >= 4 is 5.82 Å². The van der Waals surface area contributed by atoms with E-state index >= 15 is 0 Å². The van der Waals surface area contributed by atoms with E-state index < -0.39 is 0 Å². The Kier molecular flexibility index (Phi) is 3.14. The van der Waals surface area contributed by atoms with Crippen molar-refractivity contribution in [3.05, 3.63) is 17.7 Å². The van der Waals surface area contributed by atoms with E-state index in [4.69, 9.17) is 10.5 Å². The van der Waals surface area contributed by atoms with Crippen LogP contribution in [0.1, 0.15) is 31.2 Å². The number of nitrogens with two attached hydrogens (primary N) is 1. The zero-order chi connectivity index (χ0) is 13.3. The lowest BCUT2D eigenvalue weighted by atomic mass is 10.2. The van der Waals surface area contributed by atoms with Crippen LogP contribution < -0.4 is 10.5 Å². The van der Waals surface area contributed by atoms with E-state index in [1.54, 1.807) is 25.0 Å². The average molecular weight is 248 g/mol. The first-order valence-electron chi connectivity index (χ1n) is 5.65. The Hall–Kier alpha value is -2.18. The van der Waals surface area contributed by atoms with Crippen LogP contribution in [0.15, 0.2) is 6.33 Å². The van der Waals surface area contributed by atoms with Crippen molar-refractivity contribution in [1.82, 2.24) is 24.7 Å². The molecule has 7 nitrogen and oxygen atoms in total. The molecule has 0 unspecified atom stereocenters. The molecule has 0 atom stereocenters. The van der Waals surface area contributed by atoms with Crippen LogP contribution in [0.3, 0.4) is 0 Å². The first kappa shape index (κ1) is 12.3. The summed E-state index contributed by atoms with van der Waals surface area (Å²) in [4.78, 5) is 12.5. The number of nitrogen functional groups attached to an aromatic ring is 1. The predicted octanol–water partition coefficient (Wildman–Crippen LogP) is 1.41. The molecule has 7 heteroatoms. The zero-order valence-electron chi connectivity index (χ0n) is 10.9. The monoisotopic (exact) mass is 248 g/mol. The van der Waals surface area contributed by atoms with Gasteiger partial charge in [-0.1, -0.05) is 13.8 Å². The summed E-state index contributed by atoms with van der Waals surface area (Å²) in [6.45, 7) is 5.79. The number of hydrogen-bond donors (Lipinski definition) is 1. The summed E-state index contributed by atoms with van der Waals surface area (Å²) < 4.78 is 7.08. The van der Waals surface area contributed by atoms with Crippen molar-refractivity contribution in [2.45, 2.75) is 26.7 Å². The van der Waals surface area contributed by atoms with Crippen LogP contribution in [-0.4, -0.2) is 24.7 Å². The largest absolute Gasteiger partial charge is 0.404 e. The fourth-order valence-electron chi connectivity index (χ4n) is 1.34. The van der Waals surface area contributed by atoms with E-state index in [1.165, 1.54) is 0 Å². The smallest absolute Gasteiger partial charge is 0.342 e. The van der Waals surface area contributed by atoms with Crippen LogP contribution in [0, 0.1) is 6.92 Å². The van der Waals surface area contributed by atoms with E-state index in [1.807, 2.05) is 13.8 Å². The zero-order valence-corrected chi connectivity index (χ0v) is 10.9. The van der Waals surface area contributed by atoms with Gasteiger partial charge in [0, 0.05) is 13.0 Å². The molecule has 0 aromatic carbocycles. The minimum absolute atomic E-state index is 0.173. The highest BCUT2D eigenvalue weighted by Gasteiger charge is 2.14. The maximum atomic E-state index is 5.84. The van der Waals surface area contributed by atoms with Crippen molar-refractivity contribution in [3.63, 3.8) is 0 Å². The number of rotatable bonds is 3. The summed E-state index contributed by atoms with van der Waals surface area (Å²) in [6, 6.07) is 0.244. The molecule has 0 aliphatic heterocycles. The van der Waals surface area contributed by atoms with Gasteiger partial charge in [0.1, 0.15) is 18.0 Å². The van der Waals surface area contributed by atoms with Gasteiger partial charge >= 0.3 is 6.01 Å². The summed E-state index contributed by atoms with van der Waals surface area (Å²) in [5.41, 5.74) is 6.53. The molecule has 0 spiro atoms. The highest BCUT2D eigenvalue weighted by molar-refractivity contribution is 5.45. The minimum Gasteiger partial charge on any atom is -0.404 e. The molecule has 2 aromatic rings. The fraction of sp³-hybridized carbons (Fsp3) is 0.455. The van der Waals surface area contributed by atoms with E-state index in [2.05, 4.69) is 20.1 Å². The quantitative estimate of drug-likeness (QED) is 0.883. The van der Waals surface area contributed by atoms with Crippen molar-refractivity contribution in [2.75, 3.05) is 5.73 Å². The third-order valence-corrected chi connectivity index (χ3v) is 2.44. The van der Waals surface area contributed by atoms with E-state index in [0.29, 0.717) is 23.1 Å². The number of aromatic nitrogens is 5. The van der Waals surface area contributed by atoms with Crippen molar-refractivity contribution in [1.29, 1.82) is 0 Å². The normalized spacial score (nSPS) is 10.9. The lowest BCUT2D eigenvalue weighted by Crippen LogP contribution is -2.06. The Morgan fingerprint density at radius 2 is 2.06 bits per heavy atom. The Balaban J connectivity index is 2.37. The highest BCUT2D eigenvalue weighted by Crippen LogP contribution is 2.25. The molecule has 2 N–H and O–H groups in total. The Labute approximate surface area is 105 Å². The highest BCUT2D eigenvalue weighted by atomic mass is 16.5. The van der Waals surface area contributed by atoms with Gasteiger partial charge in [-0.05, 0) is 6.92 Å². The minimum atomic E-state index is 0.173. The number of aryl methyl sites for hydroxylation is 1. The summed E-state index contributed by atoms with van der Waals surface area (Å²) in [6.07, 6.45) is 1.55. The topological polar surface area (TPSA) is 91.7 Å². The molecule has 0 saturated heterocycles. The van der Waals surface area contributed by atoms with Gasteiger partial charge in [0.15, 0.2) is 0 Å². The number of anilines is 1. The Morgan fingerprint density at radius 3 is 2.61 bits per heavy atom. The standard InChI is InChI=1S/C11H16N6O/c1-6(2)9-14-8(12)7(3)10(15-9)18-11-13-5-17(4)16-11/h5-6H,1-4H3,(H2,12,14,15). The molecule has 2 rings (SSSR count). The molecule has 2 heterocycles. The second-order valence-corrected chi connectivity index (χ2v) is 4.35. The van der Waals surface area contributed by atoms with Gasteiger partial charge in [0.25, 0.3) is 0 Å². The van der Waals surface area contributed by atoms with Crippen molar-refractivity contribution < 1.29 is 4.74 Å². The lowest BCUT2D eigenvalue weighted by Gasteiger charge is -2.10. The molecular formula is C11H16N6O. The Bertz CT molecular complexity index is 563. The molecule has 0 fully saturated rings. The first-order valence-corrected chi connectivity index (χ1v) is 5.65. The van der Waals surface area contributed by atoms with Gasteiger partial charge in [-0.2, -0.15) is 9.97 Å². The van der Waals surface area contributed by atoms with Crippen LogP contribution in [0.25, 0.3) is 0 Å². The third kappa shape index (κ3) is 2.39. The molecule has 96 valence electrons. The van der Waals surface area contributed by atoms with Gasteiger partial charge in [-0.3, -0.25) is 4.68 Å². The molecule has 0 amide bonds. The Morgan fingerprint density at radius 1 is 1.33 bits per heavy atom. The van der Waals surface area contributed by atoms with E-state index in [0.717, 1.165) is 0 Å². The van der Waals surface area contributed by atoms with Gasteiger partial charge < -0.3 is 10.5 Å². The molecule has 0 aliphatic rings. The molecule has 0 bridgehead atoms. The van der Waals surface area contributed by atoms with Crippen LogP contribution in [0.4, 0.5) is 5.82 Å². The fourth-order valence-corrected chi connectivity index (χ4v) is 1.34.